The molecule has 0 radical (unpaired) electrons. The number of aryl methyl sites for hydroxylation is 1. The van der Waals surface area contributed by atoms with Crippen LogP contribution in [-0.2, 0) is 14.8 Å². The quantitative estimate of drug-likeness (QED) is 0.667. The van der Waals surface area contributed by atoms with Crippen LogP contribution in [0.3, 0.4) is 0 Å². The number of benzene rings is 2. The predicted molar refractivity (Wildman–Crippen MR) is 114 cm³/mol. The first-order valence-corrected chi connectivity index (χ1v) is 11.4. The van der Waals surface area contributed by atoms with Crippen molar-refractivity contribution in [3.63, 3.8) is 0 Å². The predicted octanol–water partition coefficient (Wildman–Crippen LogP) is 3.60. The molecule has 1 heterocycles. The van der Waals surface area contributed by atoms with Crippen molar-refractivity contribution in [2.24, 2.45) is 0 Å². The molecule has 29 heavy (non-hydrogen) atoms. The summed E-state index contributed by atoms with van der Waals surface area (Å²) in [5.41, 5.74) is 2.46. The molecule has 1 saturated heterocycles. The summed E-state index contributed by atoms with van der Waals surface area (Å²) in [6.07, 6.45) is 1.38. The highest BCUT2D eigenvalue weighted by atomic mass is 32.2. The van der Waals surface area contributed by atoms with E-state index < -0.39 is 10.0 Å². The molecule has 2 aromatic carbocycles. The molecule has 3 rings (SSSR count). The maximum absolute atomic E-state index is 12.7. The summed E-state index contributed by atoms with van der Waals surface area (Å²) in [5.74, 6) is 1.18. The summed E-state index contributed by atoms with van der Waals surface area (Å²) in [7, 11) is -3.66. The van der Waals surface area contributed by atoms with E-state index in [1.54, 1.807) is 30.0 Å². The molecule has 1 aliphatic rings. The van der Waals surface area contributed by atoms with Crippen LogP contribution in [0.1, 0.15) is 43.7 Å². The normalized spacial score (nSPS) is 14.6. The Morgan fingerprint density at radius 2 is 1.93 bits per heavy atom. The lowest BCUT2D eigenvalue weighted by Crippen LogP contribution is -2.29. The molecule has 1 N–H and O–H groups in total. The molecule has 6 nitrogen and oxygen atoms in total. The second kappa shape index (κ2) is 8.97. The lowest BCUT2D eigenvalue weighted by molar-refractivity contribution is -0.117. The standard InChI is InChI=1S/C22H28N2O4S/c1-16(2)19-7-4-5-8-20(19)28-14-12-23-29(26,27)21-11-10-18(15-17(21)3)24-13-6-9-22(24)25/h4-5,7-8,10-11,15-16,23H,6,9,12-14H2,1-3H3. The molecule has 0 aromatic heterocycles. The minimum atomic E-state index is -3.66. The van der Waals surface area contributed by atoms with Crippen molar-refractivity contribution in [1.82, 2.24) is 4.72 Å². The fourth-order valence-corrected chi connectivity index (χ4v) is 4.77. The van der Waals surface area contributed by atoms with Gasteiger partial charge in [-0.15, -0.1) is 0 Å². The van der Waals surface area contributed by atoms with Gasteiger partial charge in [0.2, 0.25) is 15.9 Å². The number of anilines is 1. The number of carbonyl (C=O) groups is 1. The van der Waals surface area contributed by atoms with Gasteiger partial charge < -0.3 is 9.64 Å². The Morgan fingerprint density at radius 1 is 1.17 bits per heavy atom. The average Bonchev–Trinajstić information content (AvgIpc) is 3.11. The van der Waals surface area contributed by atoms with Gasteiger partial charge in [0.1, 0.15) is 12.4 Å². The second-order valence-corrected chi connectivity index (χ2v) is 9.27. The van der Waals surface area contributed by atoms with E-state index in [0.717, 1.165) is 23.4 Å². The Morgan fingerprint density at radius 3 is 2.59 bits per heavy atom. The molecule has 1 amide bonds. The van der Waals surface area contributed by atoms with E-state index in [4.69, 9.17) is 4.74 Å². The number of carbonyl (C=O) groups excluding carboxylic acids is 1. The maximum Gasteiger partial charge on any atom is 0.240 e. The molecule has 0 bridgehead atoms. The Kier molecular flexibility index (Phi) is 6.59. The lowest BCUT2D eigenvalue weighted by atomic mass is 10.0. The zero-order valence-electron chi connectivity index (χ0n) is 17.1. The number of rotatable bonds is 8. The van der Waals surface area contributed by atoms with E-state index in [-0.39, 0.29) is 24.0 Å². The molecule has 1 fully saturated rings. The van der Waals surface area contributed by atoms with Crippen LogP contribution in [0.4, 0.5) is 5.69 Å². The highest BCUT2D eigenvalue weighted by Crippen LogP contribution is 2.27. The molecular formula is C22H28N2O4S. The molecule has 0 spiro atoms. The molecule has 1 aliphatic heterocycles. The minimum Gasteiger partial charge on any atom is -0.492 e. The first-order chi connectivity index (χ1) is 13.8. The van der Waals surface area contributed by atoms with Gasteiger partial charge in [0.25, 0.3) is 0 Å². The van der Waals surface area contributed by atoms with Crippen LogP contribution in [-0.4, -0.2) is 34.0 Å². The van der Waals surface area contributed by atoms with Gasteiger partial charge in [0.05, 0.1) is 4.90 Å². The van der Waals surface area contributed by atoms with E-state index in [1.807, 2.05) is 24.3 Å². The Balaban J connectivity index is 1.62. The van der Waals surface area contributed by atoms with E-state index in [9.17, 15) is 13.2 Å². The molecule has 0 atom stereocenters. The van der Waals surface area contributed by atoms with E-state index in [0.29, 0.717) is 24.4 Å². The number of ether oxygens (including phenoxy) is 1. The average molecular weight is 417 g/mol. The van der Waals surface area contributed by atoms with Crippen molar-refractivity contribution in [2.45, 2.75) is 44.4 Å². The van der Waals surface area contributed by atoms with Crippen LogP contribution in [0.25, 0.3) is 0 Å². The van der Waals surface area contributed by atoms with Crippen LogP contribution >= 0.6 is 0 Å². The van der Waals surface area contributed by atoms with Crippen LogP contribution < -0.4 is 14.4 Å². The topological polar surface area (TPSA) is 75.7 Å². The van der Waals surface area contributed by atoms with Crippen molar-refractivity contribution in [2.75, 3.05) is 24.6 Å². The number of amides is 1. The van der Waals surface area contributed by atoms with Crippen molar-refractivity contribution >= 4 is 21.6 Å². The summed E-state index contributed by atoms with van der Waals surface area (Å²) in [6.45, 7) is 7.01. The molecular weight excluding hydrogens is 388 g/mol. The van der Waals surface area contributed by atoms with Crippen molar-refractivity contribution in [1.29, 1.82) is 0 Å². The van der Waals surface area contributed by atoms with Gasteiger partial charge >= 0.3 is 0 Å². The molecule has 0 saturated carbocycles. The van der Waals surface area contributed by atoms with Gasteiger partial charge in [0.15, 0.2) is 0 Å². The molecule has 156 valence electrons. The fourth-order valence-electron chi connectivity index (χ4n) is 3.53. The largest absolute Gasteiger partial charge is 0.492 e. The lowest BCUT2D eigenvalue weighted by Gasteiger charge is -2.18. The Bertz CT molecular complexity index is 986. The third-order valence-electron chi connectivity index (χ3n) is 5.03. The van der Waals surface area contributed by atoms with E-state index in [2.05, 4.69) is 18.6 Å². The summed E-state index contributed by atoms with van der Waals surface area (Å²) in [6, 6.07) is 12.8. The maximum atomic E-state index is 12.7. The first kappa shape index (κ1) is 21.3. The number of nitrogens with one attached hydrogen (secondary N) is 1. The number of para-hydroxylation sites is 1. The Labute approximate surface area is 172 Å². The molecule has 0 aliphatic carbocycles. The second-order valence-electron chi connectivity index (χ2n) is 7.54. The summed E-state index contributed by atoms with van der Waals surface area (Å²) in [4.78, 5) is 13.8. The minimum absolute atomic E-state index is 0.0805. The summed E-state index contributed by atoms with van der Waals surface area (Å²) < 4.78 is 33.8. The number of hydrogen-bond donors (Lipinski definition) is 1. The van der Waals surface area contributed by atoms with Crippen molar-refractivity contribution < 1.29 is 17.9 Å². The zero-order chi connectivity index (χ0) is 21.0. The van der Waals surface area contributed by atoms with Crippen LogP contribution in [0.5, 0.6) is 5.75 Å². The monoisotopic (exact) mass is 416 g/mol. The van der Waals surface area contributed by atoms with Gasteiger partial charge in [-0.3, -0.25) is 4.79 Å². The van der Waals surface area contributed by atoms with Crippen molar-refractivity contribution in [3.05, 3.63) is 53.6 Å². The van der Waals surface area contributed by atoms with Gasteiger partial charge in [-0.1, -0.05) is 32.0 Å². The van der Waals surface area contributed by atoms with Gasteiger partial charge in [0, 0.05) is 25.2 Å². The van der Waals surface area contributed by atoms with E-state index >= 15 is 0 Å². The van der Waals surface area contributed by atoms with Crippen LogP contribution in [0, 0.1) is 6.92 Å². The van der Waals surface area contributed by atoms with Crippen molar-refractivity contribution in [3.8, 4) is 5.75 Å². The van der Waals surface area contributed by atoms with Crippen LogP contribution in [0.2, 0.25) is 0 Å². The zero-order valence-corrected chi connectivity index (χ0v) is 18.0. The van der Waals surface area contributed by atoms with Gasteiger partial charge in [-0.05, 0) is 54.7 Å². The SMILES string of the molecule is Cc1cc(N2CCCC2=O)ccc1S(=O)(=O)NCCOc1ccccc1C(C)C. The highest BCUT2D eigenvalue weighted by molar-refractivity contribution is 7.89. The number of nitrogens with zero attached hydrogens (tertiary/aromatic N) is 1. The van der Waals surface area contributed by atoms with Crippen LogP contribution in [0.15, 0.2) is 47.4 Å². The van der Waals surface area contributed by atoms with Gasteiger partial charge in [-0.25, -0.2) is 13.1 Å². The number of hydrogen-bond acceptors (Lipinski definition) is 4. The first-order valence-electron chi connectivity index (χ1n) is 9.92. The summed E-state index contributed by atoms with van der Waals surface area (Å²) >= 11 is 0. The third-order valence-corrected chi connectivity index (χ3v) is 6.65. The summed E-state index contributed by atoms with van der Waals surface area (Å²) in [5, 5.41) is 0. The Hall–Kier alpha value is -2.38. The van der Waals surface area contributed by atoms with Gasteiger partial charge in [-0.2, -0.15) is 0 Å². The van der Waals surface area contributed by atoms with E-state index in [1.165, 1.54) is 0 Å². The third kappa shape index (κ3) is 4.97. The highest BCUT2D eigenvalue weighted by Gasteiger charge is 2.23. The molecule has 0 unspecified atom stereocenters. The number of sulfonamides is 1. The molecule has 2 aromatic rings. The fraction of sp³-hybridized carbons (Fsp3) is 0.409. The molecule has 7 heteroatoms. The smallest absolute Gasteiger partial charge is 0.240 e.